The Morgan fingerprint density at radius 2 is 2.09 bits per heavy atom. The highest BCUT2D eigenvalue weighted by Gasteiger charge is 2.16. The van der Waals surface area contributed by atoms with Crippen LogP contribution in [0, 0.1) is 0 Å². The number of aliphatic imine (C=N–C) groups is 1. The minimum atomic E-state index is -0.0430. The van der Waals surface area contributed by atoms with Crippen molar-refractivity contribution in [3.63, 3.8) is 0 Å². The zero-order valence-corrected chi connectivity index (χ0v) is 18.8. The summed E-state index contributed by atoms with van der Waals surface area (Å²) in [4.78, 5) is 30.1. The van der Waals surface area contributed by atoms with Crippen LogP contribution in [-0.2, 0) is 4.79 Å². The first-order valence-electron chi connectivity index (χ1n) is 10.9. The number of aromatic hydroxyl groups is 1. The molecule has 3 N–H and O–H groups in total. The predicted molar refractivity (Wildman–Crippen MR) is 126 cm³/mol. The Hall–Kier alpha value is -3.82. The molecule has 0 radical (unpaired) electrons. The van der Waals surface area contributed by atoms with Crippen LogP contribution in [0.4, 0.5) is 11.5 Å². The Kier molecular flexibility index (Phi) is 6.92. The van der Waals surface area contributed by atoms with E-state index in [4.69, 9.17) is 9.47 Å². The van der Waals surface area contributed by atoms with Crippen LogP contribution in [0.2, 0.25) is 0 Å². The second-order valence-corrected chi connectivity index (χ2v) is 7.83. The van der Waals surface area contributed by atoms with Crippen molar-refractivity contribution >= 4 is 34.7 Å². The molecule has 0 unspecified atom stereocenters. The predicted octanol–water partition coefficient (Wildman–Crippen LogP) is 3.25. The third-order valence-corrected chi connectivity index (χ3v) is 5.53. The molecule has 174 valence electrons. The molecule has 0 fully saturated rings. The van der Waals surface area contributed by atoms with Crippen molar-refractivity contribution in [2.75, 3.05) is 39.2 Å². The number of amides is 1. The summed E-state index contributed by atoms with van der Waals surface area (Å²) in [6, 6.07) is 5.37. The van der Waals surface area contributed by atoms with E-state index in [1.807, 2.05) is 7.05 Å². The molecule has 1 aliphatic heterocycles. The smallest absolute Gasteiger partial charge is 0.222 e. The molecule has 0 saturated heterocycles. The number of fused-ring (bicyclic) bond motifs is 2. The van der Waals surface area contributed by atoms with E-state index in [2.05, 4.69) is 25.3 Å². The number of ether oxygens (including phenoxy) is 2. The van der Waals surface area contributed by atoms with Gasteiger partial charge in [-0.15, -0.1) is 0 Å². The number of aromatic amines is 1. The molecule has 0 atom stereocenters. The van der Waals surface area contributed by atoms with Crippen LogP contribution < -0.4 is 14.8 Å². The molecule has 0 saturated carbocycles. The minimum absolute atomic E-state index is 0.0430. The monoisotopic (exact) mass is 452 g/mol. The van der Waals surface area contributed by atoms with E-state index in [-0.39, 0.29) is 11.8 Å². The van der Waals surface area contributed by atoms with Crippen molar-refractivity contribution in [2.24, 2.45) is 4.99 Å². The van der Waals surface area contributed by atoms with Crippen LogP contribution in [0.15, 0.2) is 29.5 Å². The molecule has 1 amide bonds. The summed E-state index contributed by atoms with van der Waals surface area (Å²) in [6.07, 6.45) is 5.74. The lowest BCUT2D eigenvalue weighted by atomic mass is 10.2. The number of rotatable bonds is 1. The fraction of sp³-hybridized carbons (Fsp3) is 0.391. The fourth-order valence-corrected chi connectivity index (χ4v) is 3.69. The van der Waals surface area contributed by atoms with E-state index >= 15 is 0 Å². The quantitative estimate of drug-likeness (QED) is 0.518. The fourth-order valence-electron chi connectivity index (χ4n) is 3.69. The number of carbonyl (C=O) groups is 1. The maximum Gasteiger partial charge on any atom is 0.222 e. The van der Waals surface area contributed by atoms with E-state index in [9.17, 15) is 9.90 Å². The van der Waals surface area contributed by atoms with Gasteiger partial charge in [0.1, 0.15) is 17.8 Å². The van der Waals surface area contributed by atoms with Gasteiger partial charge in [0.05, 0.1) is 30.4 Å². The lowest BCUT2D eigenvalue weighted by molar-refractivity contribution is -0.130. The van der Waals surface area contributed by atoms with Gasteiger partial charge in [0.25, 0.3) is 0 Å². The summed E-state index contributed by atoms with van der Waals surface area (Å²) < 4.78 is 11.3. The lowest BCUT2D eigenvalue weighted by Crippen LogP contribution is -2.28. The van der Waals surface area contributed by atoms with Gasteiger partial charge in [0, 0.05) is 38.8 Å². The molecule has 3 aromatic rings. The van der Waals surface area contributed by atoms with Crippen LogP contribution in [-0.4, -0.2) is 70.9 Å². The van der Waals surface area contributed by atoms with Crippen molar-refractivity contribution in [1.29, 1.82) is 0 Å². The van der Waals surface area contributed by atoms with Gasteiger partial charge in [-0.2, -0.15) is 0 Å². The highest BCUT2D eigenvalue weighted by molar-refractivity contribution is 6.06. The minimum Gasteiger partial charge on any atom is -0.494 e. The molecule has 2 bridgehead atoms. The summed E-state index contributed by atoms with van der Waals surface area (Å²) in [6.45, 7) is 1.71. The Balaban J connectivity index is 1.69. The van der Waals surface area contributed by atoms with Gasteiger partial charge in [0.2, 0.25) is 5.91 Å². The molecular formula is C23H28N6O4. The summed E-state index contributed by atoms with van der Waals surface area (Å²) in [5.74, 6) is 1.83. The van der Waals surface area contributed by atoms with Crippen molar-refractivity contribution < 1.29 is 19.4 Å². The Morgan fingerprint density at radius 1 is 1.21 bits per heavy atom. The average Bonchev–Trinajstić information content (AvgIpc) is 3.15. The topological polar surface area (TPSA) is 125 Å². The largest absolute Gasteiger partial charge is 0.494 e. The molecule has 3 heterocycles. The highest BCUT2D eigenvalue weighted by atomic mass is 16.5. The summed E-state index contributed by atoms with van der Waals surface area (Å²) in [5, 5.41) is 14.4. The second-order valence-electron chi connectivity index (χ2n) is 7.83. The number of nitrogens with one attached hydrogen (secondary N) is 2. The summed E-state index contributed by atoms with van der Waals surface area (Å²) >= 11 is 0. The number of nitrogens with zero attached hydrogens (tertiary/aromatic N) is 4. The van der Waals surface area contributed by atoms with Crippen LogP contribution >= 0.6 is 0 Å². The van der Waals surface area contributed by atoms with E-state index in [0.717, 1.165) is 19.3 Å². The van der Waals surface area contributed by atoms with E-state index in [1.54, 1.807) is 36.4 Å². The molecule has 10 heteroatoms. The number of carbonyl (C=O) groups excluding carboxylic acids is 1. The highest BCUT2D eigenvalue weighted by Crippen LogP contribution is 2.33. The third kappa shape index (κ3) is 5.16. The van der Waals surface area contributed by atoms with Gasteiger partial charge >= 0.3 is 0 Å². The van der Waals surface area contributed by atoms with Crippen LogP contribution in [0.25, 0.3) is 11.0 Å². The normalized spacial score (nSPS) is 15.8. The number of methoxy groups -OCH3 is 1. The zero-order chi connectivity index (χ0) is 23.2. The average molecular weight is 453 g/mol. The van der Waals surface area contributed by atoms with Crippen molar-refractivity contribution in [2.45, 2.75) is 25.7 Å². The maximum atomic E-state index is 12.4. The van der Waals surface area contributed by atoms with Crippen molar-refractivity contribution in [3.8, 4) is 17.4 Å². The molecule has 33 heavy (non-hydrogen) atoms. The second kappa shape index (κ2) is 10.2. The van der Waals surface area contributed by atoms with Gasteiger partial charge in [0.15, 0.2) is 17.4 Å². The van der Waals surface area contributed by atoms with Crippen LogP contribution in [0.3, 0.4) is 0 Å². The Morgan fingerprint density at radius 3 is 2.94 bits per heavy atom. The van der Waals surface area contributed by atoms with Gasteiger partial charge in [-0.1, -0.05) is 0 Å². The standard InChI is InChI=1S/C23H28N6O4/c1-29-10-5-9-24-21-20-16(23(31)28-22(20)27-14-26-21)13-25-15-7-8-17(32-2)18(12-15)33-11-4-3-6-19(29)30/h7-8,12-14,31H,3-6,9-11H2,1-2H3,(H2,24,26,27,28). The summed E-state index contributed by atoms with van der Waals surface area (Å²) in [7, 11) is 3.40. The molecule has 10 nitrogen and oxygen atoms in total. The number of benzene rings is 1. The van der Waals surface area contributed by atoms with Crippen LogP contribution in [0.1, 0.15) is 31.2 Å². The van der Waals surface area contributed by atoms with Gasteiger partial charge in [-0.25, -0.2) is 9.97 Å². The summed E-state index contributed by atoms with van der Waals surface area (Å²) in [5.41, 5.74) is 1.63. The molecule has 0 aliphatic carbocycles. The molecule has 1 aliphatic rings. The first-order valence-corrected chi connectivity index (χ1v) is 10.9. The zero-order valence-electron chi connectivity index (χ0n) is 18.8. The van der Waals surface area contributed by atoms with Crippen molar-refractivity contribution in [3.05, 3.63) is 30.1 Å². The number of anilines is 1. The number of H-pyrrole nitrogens is 1. The lowest BCUT2D eigenvalue weighted by Gasteiger charge is -2.17. The van der Waals surface area contributed by atoms with E-state index in [0.29, 0.717) is 65.7 Å². The van der Waals surface area contributed by atoms with E-state index in [1.165, 1.54) is 6.33 Å². The van der Waals surface area contributed by atoms with Gasteiger partial charge < -0.3 is 29.8 Å². The Bertz CT molecular complexity index is 1160. The molecule has 2 aromatic heterocycles. The molecule has 1 aromatic carbocycles. The van der Waals surface area contributed by atoms with Crippen molar-refractivity contribution in [1.82, 2.24) is 19.9 Å². The third-order valence-electron chi connectivity index (χ3n) is 5.53. The number of aromatic nitrogens is 3. The number of hydrogen-bond acceptors (Lipinski definition) is 8. The molecule has 4 rings (SSSR count). The first-order chi connectivity index (χ1) is 16.1. The Labute approximate surface area is 191 Å². The van der Waals surface area contributed by atoms with Gasteiger partial charge in [-0.05, 0) is 31.4 Å². The van der Waals surface area contributed by atoms with Crippen LogP contribution in [0.5, 0.6) is 17.4 Å². The number of hydrogen-bond donors (Lipinski definition) is 3. The molecular weight excluding hydrogens is 424 g/mol. The first kappa shape index (κ1) is 22.4. The molecule has 0 spiro atoms. The van der Waals surface area contributed by atoms with Gasteiger partial charge in [-0.3, -0.25) is 9.79 Å². The SMILES string of the molecule is COc1ccc2cc1OCCCCC(=O)N(C)CCCNc1ncnc3[nH]c(O)c(c13)C=N2. The maximum absolute atomic E-state index is 12.4. The van der Waals surface area contributed by atoms with E-state index < -0.39 is 0 Å².